The minimum atomic E-state index is -3.80. The molecule has 2 aromatic rings. The SMILES string of the molecule is O=C([C@@H]1CC[C@H](c2ccc(F)cc2)N(S(=O)(=O)c2ccccc2)C1)N1CCCCC1. The first kappa shape index (κ1) is 21.0. The van der Waals surface area contributed by atoms with Gasteiger partial charge in [-0.15, -0.1) is 0 Å². The van der Waals surface area contributed by atoms with Crippen molar-refractivity contribution >= 4 is 15.9 Å². The first-order chi connectivity index (χ1) is 14.5. The van der Waals surface area contributed by atoms with E-state index in [-0.39, 0.29) is 29.1 Å². The van der Waals surface area contributed by atoms with Gasteiger partial charge in [0.15, 0.2) is 0 Å². The van der Waals surface area contributed by atoms with Crippen molar-refractivity contribution in [3.05, 3.63) is 66.0 Å². The number of rotatable bonds is 4. The van der Waals surface area contributed by atoms with Gasteiger partial charge in [-0.05, 0) is 61.9 Å². The van der Waals surface area contributed by atoms with Crippen molar-refractivity contribution in [3.8, 4) is 0 Å². The monoisotopic (exact) mass is 430 g/mol. The van der Waals surface area contributed by atoms with Gasteiger partial charge in [-0.25, -0.2) is 12.8 Å². The van der Waals surface area contributed by atoms with E-state index < -0.39 is 16.1 Å². The third kappa shape index (κ3) is 4.27. The second-order valence-corrected chi connectivity index (χ2v) is 10.0. The van der Waals surface area contributed by atoms with Crippen molar-refractivity contribution in [3.63, 3.8) is 0 Å². The molecule has 0 saturated carbocycles. The molecule has 2 aliphatic rings. The maximum absolute atomic E-state index is 13.5. The maximum atomic E-state index is 13.5. The number of likely N-dealkylation sites (tertiary alicyclic amines) is 1. The van der Waals surface area contributed by atoms with Gasteiger partial charge >= 0.3 is 0 Å². The Morgan fingerprint density at radius 1 is 0.900 bits per heavy atom. The first-order valence-corrected chi connectivity index (χ1v) is 12.0. The van der Waals surface area contributed by atoms with Crippen LogP contribution in [0.1, 0.15) is 43.7 Å². The van der Waals surface area contributed by atoms with Crippen LogP contribution in [0.3, 0.4) is 0 Å². The average molecular weight is 431 g/mol. The number of benzene rings is 2. The predicted octanol–water partition coefficient (Wildman–Crippen LogP) is 3.98. The molecular formula is C23H27FN2O3S. The number of hydrogen-bond donors (Lipinski definition) is 0. The van der Waals surface area contributed by atoms with Crippen molar-refractivity contribution in [2.75, 3.05) is 19.6 Å². The number of amides is 1. The van der Waals surface area contributed by atoms with Gasteiger partial charge in [0.2, 0.25) is 15.9 Å². The number of piperidine rings is 2. The van der Waals surface area contributed by atoms with E-state index in [1.165, 1.54) is 16.4 Å². The molecule has 0 unspecified atom stereocenters. The second kappa shape index (κ2) is 8.86. The van der Waals surface area contributed by atoms with E-state index in [2.05, 4.69) is 0 Å². The van der Waals surface area contributed by atoms with Gasteiger partial charge in [0.25, 0.3) is 0 Å². The number of nitrogens with zero attached hydrogens (tertiary/aromatic N) is 2. The second-order valence-electron chi connectivity index (χ2n) is 8.12. The normalized spacial score (nSPS) is 23.3. The molecule has 4 rings (SSSR count). The Hall–Kier alpha value is -2.25. The van der Waals surface area contributed by atoms with Crippen molar-refractivity contribution < 1.29 is 17.6 Å². The molecule has 2 atom stereocenters. The summed E-state index contributed by atoms with van der Waals surface area (Å²) in [5.41, 5.74) is 0.750. The highest BCUT2D eigenvalue weighted by molar-refractivity contribution is 7.89. The van der Waals surface area contributed by atoms with Crippen LogP contribution in [0.2, 0.25) is 0 Å². The third-order valence-corrected chi connectivity index (χ3v) is 8.05. The molecule has 1 amide bonds. The fourth-order valence-electron chi connectivity index (χ4n) is 4.52. The molecule has 2 saturated heterocycles. The van der Waals surface area contributed by atoms with Gasteiger partial charge in [-0.1, -0.05) is 30.3 Å². The minimum Gasteiger partial charge on any atom is -0.342 e. The topological polar surface area (TPSA) is 57.7 Å². The lowest BCUT2D eigenvalue weighted by atomic mass is 9.89. The molecule has 0 bridgehead atoms. The molecular weight excluding hydrogens is 403 g/mol. The lowest BCUT2D eigenvalue weighted by molar-refractivity contribution is -0.138. The van der Waals surface area contributed by atoms with E-state index in [1.54, 1.807) is 42.5 Å². The molecule has 7 heteroatoms. The fraction of sp³-hybridized carbons (Fsp3) is 0.435. The van der Waals surface area contributed by atoms with Crippen molar-refractivity contribution in [1.82, 2.24) is 9.21 Å². The van der Waals surface area contributed by atoms with Crippen LogP contribution in [0.5, 0.6) is 0 Å². The van der Waals surface area contributed by atoms with Gasteiger partial charge in [0, 0.05) is 19.6 Å². The highest BCUT2D eigenvalue weighted by Crippen LogP contribution is 2.38. The van der Waals surface area contributed by atoms with Gasteiger partial charge in [0.05, 0.1) is 16.9 Å². The van der Waals surface area contributed by atoms with Crippen LogP contribution in [0.15, 0.2) is 59.5 Å². The van der Waals surface area contributed by atoms with Crippen LogP contribution in [0.4, 0.5) is 4.39 Å². The summed E-state index contributed by atoms with van der Waals surface area (Å²) in [6, 6.07) is 13.9. The summed E-state index contributed by atoms with van der Waals surface area (Å²) < 4.78 is 41.9. The molecule has 2 fully saturated rings. The van der Waals surface area contributed by atoms with Crippen LogP contribution < -0.4 is 0 Å². The van der Waals surface area contributed by atoms with Gasteiger partial charge in [-0.3, -0.25) is 4.79 Å². The summed E-state index contributed by atoms with van der Waals surface area (Å²) in [4.78, 5) is 15.2. The predicted molar refractivity (Wildman–Crippen MR) is 113 cm³/mol. The number of carbonyl (C=O) groups is 1. The Morgan fingerprint density at radius 2 is 1.57 bits per heavy atom. The zero-order valence-corrected chi connectivity index (χ0v) is 17.7. The third-order valence-electron chi connectivity index (χ3n) is 6.16. The zero-order chi connectivity index (χ0) is 21.1. The number of halogens is 1. The summed E-state index contributed by atoms with van der Waals surface area (Å²) >= 11 is 0. The van der Waals surface area contributed by atoms with E-state index in [0.29, 0.717) is 12.8 Å². The summed E-state index contributed by atoms with van der Waals surface area (Å²) in [7, 11) is -3.80. The summed E-state index contributed by atoms with van der Waals surface area (Å²) in [6.07, 6.45) is 4.29. The van der Waals surface area contributed by atoms with Gasteiger partial charge in [0.1, 0.15) is 5.82 Å². The van der Waals surface area contributed by atoms with Crippen molar-refractivity contribution in [2.24, 2.45) is 5.92 Å². The van der Waals surface area contributed by atoms with Gasteiger partial charge < -0.3 is 4.90 Å². The van der Waals surface area contributed by atoms with Crippen molar-refractivity contribution in [2.45, 2.75) is 43.0 Å². The van der Waals surface area contributed by atoms with Crippen LogP contribution in [-0.4, -0.2) is 43.2 Å². The molecule has 2 aromatic carbocycles. The fourth-order valence-corrected chi connectivity index (χ4v) is 6.23. The molecule has 0 aromatic heterocycles. The molecule has 0 radical (unpaired) electrons. The van der Waals surface area contributed by atoms with Crippen LogP contribution in [-0.2, 0) is 14.8 Å². The largest absolute Gasteiger partial charge is 0.342 e. The van der Waals surface area contributed by atoms with E-state index >= 15 is 0 Å². The maximum Gasteiger partial charge on any atom is 0.243 e. The summed E-state index contributed by atoms with van der Waals surface area (Å²) in [5.74, 6) is -0.649. The Kier molecular flexibility index (Phi) is 6.20. The molecule has 2 aliphatic heterocycles. The number of hydrogen-bond acceptors (Lipinski definition) is 3. The lowest BCUT2D eigenvalue weighted by Crippen LogP contribution is -2.48. The molecule has 0 N–H and O–H groups in total. The summed E-state index contributed by atoms with van der Waals surface area (Å²) in [6.45, 7) is 1.65. The zero-order valence-electron chi connectivity index (χ0n) is 16.9. The molecule has 30 heavy (non-hydrogen) atoms. The summed E-state index contributed by atoms with van der Waals surface area (Å²) in [5, 5.41) is 0. The lowest BCUT2D eigenvalue weighted by Gasteiger charge is -2.40. The quantitative estimate of drug-likeness (QED) is 0.737. The molecule has 160 valence electrons. The Morgan fingerprint density at radius 3 is 2.23 bits per heavy atom. The van der Waals surface area contributed by atoms with Crippen LogP contribution >= 0.6 is 0 Å². The van der Waals surface area contributed by atoms with E-state index in [1.807, 2.05) is 4.90 Å². The van der Waals surface area contributed by atoms with E-state index in [0.717, 1.165) is 37.9 Å². The highest BCUT2D eigenvalue weighted by Gasteiger charge is 2.41. The molecule has 0 aliphatic carbocycles. The average Bonchev–Trinajstić information content (AvgIpc) is 2.80. The molecule has 0 spiro atoms. The Bertz CT molecular complexity index is 973. The highest BCUT2D eigenvalue weighted by atomic mass is 32.2. The van der Waals surface area contributed by atoms with E-state index in [9.17, 15) is 17.6 Å². The van der Waals surface area contributed by atoms with E-state index in [4.69, 9.17) is 0 Å². The first-order valence-electron chi connectivity index (χ1n) is 10.6. The van der Waals surface area contributed by atoms with Gasteiger partial charge in [-0.2, -0.15) is 4.31 Å². The standard InChI is InChI=1S/C23H27FN2O3S/c24-20-12-9-18(10-13-20)22-14-11-19(23(27)25-15-5-2-6-16-25)17-26(22)30(28,29)21-7-3-1-4-8-21/h1,3-4,7-10,12-13,19,22H,2,5-6,11,14-17H2/t19-,22-/m1/s1. The number of sulfonamides is 1. The minimum absolute atomic E-state index is 0.0560. The Labute approximate surface area is 177 Å². The van der Waals surface area contributed by atoms with Crippen molar-refractivity contribution in [1.29, 1.82) is 0 Å². The number of carbonyl (C=O) groups excluding carboxylic acids is 1. The molecule has 5 nitrogen and oxygen atoms in total. The Balaban J connectivity index is 1.65. The van der Waals surface area contributed by atoms with Crippen LogP contribution in [0, 0.1) is 11.7 Å². The smallest absolute Gasteiger partial charge is 0.243 e. The molecule has 2 heterocycles. The van der Waals surface area contributed by atoms with Crippen LogP contribution in [0.25, 0.3) is 0 Å².